The topological polar surface area (TPSA) is 64.2 Å². The first-order valence-corrected chi connectivity index (χ1v) is 8.34. The van der Waals surface area contributed by atoms with Crippen molar-refractivity contribution in [2.75, 3.05) is 6.61 Å². The van der Waals surface area contributed by atoms with Crippen molar-refractivity contribution in [2.24, 2.45) is 0 Å². The Labute approximate surface area is 133 Å². The first-order valence-electron chi connectivity index (χ1n) is 7.35. The molecule has 1 aliphatic rings. The lowest BCUT2D eigenvalue weighted by molar-refractivity contribution is -0.106. The largest absolute Gasteiger partial charge is 0.458 e. The van der Waals surface area contributed by atoms with E-state index in [1.54, 1.807) is 0 Å². The summed E-state index contributed by atoms with van der Waals surface area (Å²) in [5.74, 6) is 0.978. The van der Waals surface area contributed by atoms with Crippen LogP contribution in [0.5, 0.6) is 5.75 Å². The van der Waals surface area contributed by atoms with Gasteiger partial charge in [0.1, 0.15) is 0 Å². The summed E-state index contributed by atoms with van der Waals surface area (Å²) in [6, 6.07) is 10.1. The summed E-state index contributed by atoms with van der Waals surface area (Å²) in [6.45, 7) is 0.682. The van der Waals surface area contributed by atoms with Crippen LogP contribution in [0.4, 0.5) is 0 Å². The zero-order valence-electron chi connectivity index (χ0n) is 12.2. The van der Waals surface area contributed by atoms with Gasteiger partial charge in [-0.25, -0.2) is 4.98 Å². The van der Waals surface area contributed by atoms with Crippen molar-refractivity contribution < 1.29 is 9.47 Å². The molecule has 1 aliphatic heterocycles. The summed E-state index contributed by atoms with van der Waals surface area (Å²) in [4.78, 5) is 19.0. The van der Waals surface area contributed by atoms with Crippen LogP contribution in [0.2, 0.25) is 0 Å². The molecule has 0 aliphatic carbocycles. The number of hydrogen-bond acceptors (Lipinski definition) is 5. The number of ether oxygens (including phenoxy) is 2. The first-order chi connectivity index (χ1) is 10.8. The van der Waals surface area contributed by atoms with Gasteiger partial charge in [-0.1, -0.05) is 42.1 Å². The molecule has 2 heterocycles. The number of hydrogen-bond donors (Lipinski definition) is 1. The minimum absolute atomic E-state index is 0.218. The molecule has 1 aromatic carbocycles. The molecule has 6 heteroatoms. The maximum absolute atomic E-state index is 12.0. The van der Waals surface area contributed by atoms with Gasteiger partial charge in [-0.15, -0.1) is 0 Å². The first kappa shape index (κ1) is 15.1. The Morgan fingerprint density at radius 1 is 1.32 bits per heavy atom. The van der Waals surface area contributed by atoms with Crippen LogP contribution in [0, 0.1) is 0 Å². The number of H-pyrrole nitrogens is 1. The smallest absolute Gasteiger partial charge is 0.294 e. The molecule has 1 saturated heterocycles. The molecule has 2 aromatic rings. The average molecular weight is 318 g/mol. The molecule has 0 radical (unpaired) electrons. The van der Waals surface area contributed by atoms with E-state index in [0.29, 0.717) is 11.8 Å². The number of aromatic amines is 1. The predicted molar refractivity (Wildman–Crippen MR) is 85.1 cm³/mol. The lowest BCUT2D eigenvalue weighted by atomic mass is 10.2. The van der Waals surface area contributed by atoms with Crippen LogP contribution < -0.4 is 10.3 Å². The van der Waals surface area contributed by atoms with Gasteiger partial charge in [-0.3, -0.25) is 9.78 Å². The van der Waals surface area contributed by atoms with Crippen LogP contribution in [-0.4, -0.2) is 22.9 Å². The molecule has 22 heavy (non-hydrogen) atoms. The lowest BCUT2D eigenvalue weighted by Gasteiger charge is -2.22. The van der Waals surface area contributed by atoms with Crippen LogP contribution in [-0.2, 0) is 10.5 Å². The van der Waals surface area contributed by atoms with Crippen LogP contribution in [0.3, 0.4) is 0 Å². The van der Waals surface area contributed by atoms with Crippen LogP contribution >= 0.6 is 11.8 Å². The van der Waals surface area contributed by atoms with Gasteiger partial charge in [0.2, 0.25) is 5.75 Å². The van der Waals surface area contributed by atoms with Gasteiger partial charge in [-0.2, -0.15) is 0 Å². The van der Waals surface area contributed by atoms with Gasteiger partial charge < -0.3 is 9.47 Å². The fourth-order valence-electron chi connectivity index (χ4n) is 2.20. The Morgan fingerprint density at radius 2 is 2.18 bits per heavy atom. The van der Waals surface area contributed by atoms with Gasteiger partial charge in [0.05, 0.1) is 12.8 Å². The number of rotatable bonds is 5. The third kappa shape index (κ3) is 4.11. The van der Waals surface area contributed by atoms with E-state index < -0.39 is 0 Å². The van der Waals surface area contributed by atoms with Crippen molar-refractivity contribution in [3.8, 4) is 5.75 Å². The summed E-state index contributed by atoms with van der Waals surface area (Å²) in [6.07, 6.45) is 4.05. The minimum Gasteiger partial charge on any atom is -0.458 e. The third-order valence-electron chi connectivity index (χ3n) is 3.36. The monoisotopic (exact) mass is 318 g/mol. The van der Waals surface area contributed by atoms with Crippen molar-refractivity contribution >= 4 is 11.8 Å². The fourth-order valence-corrected chi connectivity index (χ4v) is 2.98. The van der Waals surface area contributed by atoms with Crippen LogP contribution in [0.15, 0.2) is 46.5 Å². The quantitative estimate of drug-likeness (QED) is 0.678. The molecular formula is C16H18N2O3S. The molecule has 3 rings (SSSR count). The number of nitrogens with one attached hydrogen (secondary N) is 1. The summed E-state index contributed by atoms with van der Waals surface area (Å²) < 4.78 is 11.0. The predicted octanol–water partition coefficient (Wildman–Crippen LogP) is 2.97. The fraction of sp³-hybridized carbons (Fsp3) is 0.375. The van der Waals surface area contributed by atoms with Crippen LogP contribution in [0.1, 0.15) is 24.8 Å². The zero-order valence-corrected chi connectivity index (χ0v) is 13.0. The van der Waals surface area contributed by atoms with Gasteiger partial charge in [0.15, 0.2) is 11.4 Å². The van der Waals surface area contributed by atoms with Crippen LogP contribution in [0.25, 0.3) is 0 Å². The molecule has 0 saturated carbocycles. The summed E-state index contributed by atoms with van der Waals surface area (Å²) >= 11 is 1.49. The third-order valence-corrected chi connectivity index (χ3v) is 4.32. The Kier molecular flexibility index (Phi) is 5.13. The Bertz CT molecular complexity index is 654. The zero-order chi connectivity index (χ0) is 15.2. The molecule has 1 unspecified atom stereocenters. The molecule has 116 valence electrons. The summed E-state index contributed by atoms with van der Waals surface area (Å²) in [5.41, 5.74) is 0.922. The van der Waals surface area contributed by atoms with E-state index in [1.807, 2.05) is 30.3 Å². The van der Waals surface area contributed by atoms with E-state index in [2.05, 4.69) is 9.97 Å². The number of aromatic nitrogens is 2. The average Bonchev–Trinajstić information content (AvgIpc) is 2.57. The molecular weight excluding hydrogens is 300 g/mol. The van der Waals surface area contributed by atoms with Gasteiger partial charge in [-0.05, 0) is 18.4 Å². The maximum Gasteiger partial charge on any atom is 0.294 e. The van der Waals surface area contributed by atoms with E-state index in [-0.39, 0.29) is 17.6 Å². The maximum atomic E-state index is 12.0. The number of nitrogens with zero attached hydrogens (tertiary/aromatic N) is 1. The van der Waals surface area contributed by atoms with Crippen molar-refractivity contribution in [3.63, 3.8) is 0 Å². The highest BCUT2D eigenvalue weighted by molar-refractivity contribution is 7.98. The van der Waals surface area contributed by atoms with E-state index in [1.165, 1.54) is 23.5 Å². The van der Waals surface area contributed by atoms with E-state index in [4.69, 9.17) is 9.47 Å². The lowest BCUT2D eigenvalue weighted by Crippen LogP contribution is -2.27. The molecule has 5 nitrogen and oxygen atoms in total. The summed E-state index contributed by atoms with van der Waals surface area (Å²) in [5, 5.41) is 0.589. The standard InChI is InChI=1S/C16H18N2O3S/c19-15-13(21-14-8-4-5-9-20-14)10-17-16(18-15)22-11-12-6-2-1-3-7-12/h1-3,6-7,10,14H,4-5,8-9,11H2,(H,17,18,19). The highest BCUT2D eigenvalue weighted by Crippen LogP contribution is 2.20. The Balaban J connectivity index is 1.60. The van der Waals surface area contributed by atoms with Crippen molar-refractivity contribution in [1.82, 2.24) is 9.97 Å². The molecule has 0 amide bonds. The highest BCUT2D eigenvalue weighted by atomic mass is 32.2. The van der Waals surface area contributed by atoms with E-state index in [9.17, 15) is 4.79 Å². The molecule has 1 atom stereocenters. The van der Waals surface area contributed by atoms with Crippen molar-refractivity contribution in [1.29, 1.82) is 0 Å². The van der Waals surface area contributed by atoms with E-state index in [0.717, 1.165) is 25.0 Å². The highest BCUT2D eigenvalue weighted by Gasteiger charge is 2.17. The summed E-state index contributed by atoms with van der Waals surface area (Å²) in [7, 11) is 0. The second-order valence-electron chi connectivity index (χ2n) is 5.07. The second kappa shape index (κ2) is 7.47. The SMILES string of the molecule is O=c1[nH]c(SCc2ccccc2)ncc1OC1CCCCO1. The molecule has 1 aromatic heterocycles. The number of thioether (sulfide) groups is 1. The molecule has 1 fully saturated rings. The Hall–Kier alpha value is -1.79. The second-order valence-corrected chi connectivity index (χ2v) is 6.03. The Morgan fingerprint density at radius 3 is 2.91 bits per heavy atom. The van der Waals surface area contributed by atoms with Gasteiger partial charge in [0.25, 0.3) is 5.56 Å². The van der Waals surface area contributed by atoms with Gasteiger partial charge >= 0.3 is 0 Å². The molecule has 0 spiro atoms. The number of benzene rings is 1. The molecule has 1 N–H and O–H groups in total. The minimum atomic E-state index is -0.334. The van der Waals surface area contributed by atoms with E-state index >= 15 is 0 Å². The van der Waals surface area contributed by atoms with Crippen molar-refractivity contribution in [2.45, 2.75) is 36.5 Å². The normalized spacial score (nSPS) is 18.1. The van der Waals surface area contributed by atoms with Gasteiger partial charge in [0, 0.05) is 12.2 Å². The molecule has 0 bridgehead atoms. The van der Waals surface area contributed by atoms with Crippen molar-refractivity contribution in [3.05, 3.63) is 52.4 Å².